The Kier molecular flexibility index (Phi) is 4.94. The Balaban J connectivity index is 1.82. The van der Waals surface area contributed by atoms with Gasteiger partial charge in [-0.3, -0.25) is 9.88 Å². The molecular weight excluding hydrogens is 234 g/mol. The van der Waals surface area contributed by atoms with Crippen LogP contribution < -0.4 is 5.32 Å². The number of aromatic nitrogens is 1. The Labute approximate surface area is 117 Å². The Bertz CT molecular complexity index is 375. The lowest BCUT2D eigenvalue weighted by Gasteiger charge is -2.33. The highest BCUT2D eigenvalue weighted by Gasteiger charge is 2.28. The zero-order chi connectivity index (χ0) is 13.7. The second kappa shape index (κ2) is 6.49. The molecule has 1 heterocycles. The predicted molar refractivity (Wildman–Crippen MR) is 80.0 cm³/mol. The number of pyridine rings is 1. The van der Waals surface area contributed by atoms with Gasteiger partial charge in [-0.2, -0.15) is 0 Å². The first-order valence-electron chi connectivity index (χ1n) is 7.43. The minimum atomic E-state index is 0.353. The summed E-state index contributed by atoms with van der Waals surface area (Å²) in [6.45, 7) is 7.85. The molecule has 1 aliphatic carbocycles. The van der Waals surface area contributed by atoms with Crippen LogP contribution in [-0.4, -0.2) is 36.1 Å². The molecule has 1 N–H and O–H groups in total. The van der Waals surface area contributed by atoms with Gasteiger partial charge in [0.15, 0.2) is 0 Å². The molecule has 1 atom stereocenters. The van der Waals surface area contributed by atoms with E-state index in [9.17, 15) is 0 Å². The molecule has 0 amide bonds. The molecule has 0 aliphatic heterocycles. The van der Waals surface area contributed by atoms with E-state index < -0.39 is 0 Å². The van der Waals surface area contributed by atoms with Crippen molar-refractivity contribution in [1.29, 1.82) is 0 Å². The molecular formula is C16H27N3. The molecule has 0 bridgehead atoms. The fourth-order valence-corrected chi connectivity index (χ4v) is 2.45. The molecule has 1 aliphatic rings. The van der Waals surface area contributed by atoms with Crippen LogP contribution in [0, 0.1) is 5.41 Å². The highest BCUT2D eigenvalue weighted by molar-refractivity contribution is 5.03. The highest BCUT2D eigenvalue weighted by Crippen LogP contribution is 2.25. The van der Waals surface area contributed by atoms with Crippen molar-refractivity contribution in [1.82, 2.24) is 15.2 Å². The van der Waals surface area contributed by atoms with E-state index in [-0.39, 0.29) is 0 Å². The number of rotatable bonds is 8. The first-order chi connectivity index (χ1) is 9.11. The van der Waals surface area contributed by atoms with Gasteiger partial charge in [-0.15, -0.1) is 0 Å². The third-order valence-electron chi connectivity index (χ3n) is 4.06. The average Bonchev–Trinajstić information content (AvgIpc) is 3.21. The van der Waals surface area contributed by atoms with Crippen molar-refractivity contribution in [2.45, 2.75) is 45.7 Å². The Hall–Kier alpha value is -0.930. The SMILES string of the molecule is CCC(C)(CNC1CC1)CN(C)Cc1ccccn1. The Morgan fingerprint density at radius 1 is 1.42 bits per heavy atom. The van der Waals surface area contributed by atoms with Gasteiger partial charge in [0, 0.05) is 31.9 Å². The average molecular weight is 261 g/mol. The predicted octanol–water partition coefficient (Wildman–Crippen LogP) is 2.68. The van der Waals surface area contributed by atoms with Gasteiger partial charge in [0.05, 0.1) is 5.69 Å². The van der Waals surface area contributed by atoms with Crippen LogP contribution in [0.5, 0.6) is 0 Å². The maximum atomic E-state index is 4.40. The lowest BCUT2D eigenvalue weighted by atomic mass is 9.86. The van der Waals surface area contributed by atoms with Gasteiger partial charge in [0.25, 0.3) is 0 Å². The van der Waals surface area contributed by atoms with Gasteiger partial charge in [0.2, 0.25) is 0 Å². The zero-order valence-corrected chi connectivity index (χ0v) is 12.5. The molecule has 106 valence electrons. The highest BCUT2D eigenvalue weighted by atomic mass is 15.1. The fourth-order valence-electron chi connectivity index (χ4n) is 2.45. The van der Waals surface area contributed by atoms with Crippen molar-refractivity contribution in [3.63, 3.8) is 0 Å². The van der Waals surface area contributed by atoms with Crippen LogP contribution in [0.15, 0.2) is 24.4 Å². The van der Waals surface area contributed by atoms with Crippen LogP contribution in [0.1, 0.15) is 38.8 Å². The van der Waals surface area contributed by atoms with E-state index in [1.807, 2.05) is 12.3 Å². The molecule has 1 unspecified atom stereocenters. The smallest absolute Gasteiger partial charge is 0.0543 e. The molecule has 0 radical (unpaired) electrons. The van der Waals surface area contributed by atoms with E-state index in [2.05, 4.69) is 48.2 Å². The van der Waals surface area contributed by atoms with Crippen molar-refractivity contribution in [3.8, 4) is 0 Å². The molecule has 0 saturated heterocycles. The molecule has 0 spiro atoms. The maximum absolute atomic E-state index is 4.40. The second-order valence-corrected chi connectivity index (χ2v) is 6.31. The molecule has 3 heteroatoms. The lowest BCUT2D eigenvalue weighted by molar-refractivity contribution is 0.173. The van der Waals surface area contributed by atoms with Crippen LogP contribution in [0.25, 0.3) is 0 Å². The maximum Gasteiger partial charge on any atom is 0.0543 e. The Morgan fingerprint density at radius 3 is 2.79 bits per heavy atom. The summed E-state index contributed by atoms with van der Waals surface area (Å²) in [6, 6.07) is 6.93. The number of hydrogen-bond acceptors (Lipinski definition) is 3. The quantitative estimate of drug-likeness (QED) is 0.780. The van der Waals surface area contributed by atoms with Crippen LogP contribution in [0.2, 0.25) is 0 Å². The summed E-state index contributed by atoms with van der Waals surface area (Å²) in [6.07, 6.45) is 5.81. The third-order valence-corrected chi connectivity index (χ3v) is 4.06. The monoisotopic (exact) mass is 261 g/mol. The van der Waals surface area contributed by atoms with Crippen LogP contribution >= 0.6 is 0 Å². The summed E-state index contributed by atoms with van der Waals surface area (Å²) in [7, 11) is 2.19. The Morgan fingerprint density at radius 2 is 2.21 bits per heavy atom. The number of hydrogen-bond donors (Lipinski definition) is 1. The van der Waals surface area contributed by atoms with Crippen molar-refractivity contribution in [2.75, 3.05) is 20.1 Å². The van der Waals surface area contributed by atoms with E-state index in [0.29, 0.717) is 5.41 Å². The third kappa shape index (κ3) is 4.92. The van der Waals surface area contributed by atoms with Crippen LogP contribution in [0.4, 0.5) is 0 Å². The van der Waals surface area contributed by atoms with E-state index in [0.717, 1.165) is 31.4 Å². The first kappa shape index (κ1) is 14.5. The summed E-state index contributed by atoms with van der Waals surface area (Å²) >= 11 is 0. The van der Waals surface area contributed by atoms with Crippen molar-refractivity contribution in [3.05, 3.63) is 30.1 Å². The van der Waals surface area contributed by atoms with E-state index in [4.69, 9.17) is 0 Å². The zero-order valence-electron chi connectivity index (χ0n) is 12.5. The van der Waals surface area contributed by atoms with Gasteiger partial charge in [0.1, 0.15) is 0 Å². The minimum absolute atomic E-state index is 0.353. The summed E-state index contributed by atoms with van der Waals surface area (Å²) < 4.78 is 0. The van der Waals surface area contributed by atoms with E-state index in [1.165, 1.54) is 19.3 Å². The molecule has 19 heavy (non-hydrogen) atoms. The molecule has 1 aromatic heterocycles. The normalized spacial score (nSPS) is 18.5. The van der Waals surface area contributed by atoms with Gasteiger partial charge < -0.3 is 5.32 Å². The molecule has 2 rings (SSSR count). The van der Waals surface area contributed by atoms with Crippen molar-refractivity contribution < 1.29 is 0 Å². The number of nitrogens with one attached hydrogen (secondary N) is 1. The van der Waals surface area contributed by atoms with Crippen molar-refractivity contribution >= 4 is 0 Å². The molecule has 3 nitrogen and oxygen atoms in total. The topological polar surface area (TPSA) is 28.2 Å². The molecule has 0 aromatic carbocycles. The van der Waals surface area contributed by atoms with Gasteiger partial charge in [-0.1, -0.05) is 19.9 Å². The molecule has 1 fully saturated rings. The van der Waals surface area contributed by atoms with Gasteiger partial charge in [-0.05, 0) is 43.9 Å². The minimum Gasteiger partial charge on any atom is -0.313 e. The lowest BCUT2D eigenvalue weighted by Crippen LogP contribution is -2.41. The van der Waals surface area contributed by atoms with Crippen LogP contribution in [-0.2, 0) is 6.54 Å². The van der Waals surface area contributed by atoms with Crippen LogP contribution in [0.3, 0.4) is 0 Å². The summed E-state index contributed by atoms with van der Waals surface area (Å²) in [5, 5.41) is 3.68. The second-order valence-electron chi connectivity index (χ2n) is 6.31. The standard InChI is InChI=1S/C16H27N3/c1-4-16(2,12-18-14-8-9-14)13-19(3)11-15-7-5-6-10-17-15/h5-7,10,14,18H,4,8-9,11-13H2,1-3H3. The largest absolute Gasteiger partial charge is 0.313 e. The molecule has 1 saturated carbocycles. The molecule has 1 aromatic rings. The summed E-state index contributed by atoms with van der Waals surface area (Å²) in [4.78, 5) is 6.79. The van der Waals surface area contributed by atoms with E-state index in [1.54, 1.807) is 0 Å². The first-order valence-corrected chi connectivity index (χ1v) is 7.43. The van der Waals surface area contributed by atoms with Crippen molar-refractivity contribution in [2.24, 2.45) is 5.41 Å². The number of nitrogens with zero attached hydrogens (tertiary/aromatic N) is 2. The van der Waals surface area contributed by atoms with E-state index >= 15 is 0 Å². The van der Waals surface area contributed by atoms with Gasteiger partial charge >= 0.3 is 0 Å². The summed E-state index contributed by atoms with van der Waals surface area (Å²) in [5.74, 6) is 0. The van der Waals surface area contributed by atoms with Gasteiger partial charge in [-0.25, -0.2) is 0 Å². The fraction of sp³-hybridized carbons (Fsp3) is 0.688. The summed E-state index contributed by atoms with van der Waals surface area (Å²) in [5.41, 5.74) is 1.50.